The molecule has 0 bridgehead atoms. The Labute approximate surface area is 257 Å². The molecule has 0 radical (unpaired) electrons. The first-order valence-electron chi connectivity index (χ1n) is 12.0. The van der Waals surface area contributed by atoms with Crippen LogP contribution >= 0.6 is 34.8 Å². The maximum absolute atomic E-state index is 14.8. The number of carbonyl (C=O) groups is 1. The Balaban J connectivity index is 0.00000287. The summed E-state index contributed by atoms with van der Waals surface area (Å²) in [6.45, 7) is 3.33. The van der Waals surface area contributed by atoms with E-state index in [-0.39, 0.29) is 29.5 Å². The van der Waals surface area contributed by atoms with Gasteiger partial charge in [0.1, 0.15) is 16.7 Å². The minimum Gasteiger partial charge on any atom is -0.451 e. The van der Waals surface area contributed by atoms with Crippen LogP contribution in [0.15, 0.2) is 59.5 Å². The number of ether oxygens (including phenoxy) is 1. The highest BCUT2D eigenvalue weighted by molar-refractivity contribution is 7.82. The van der Waals surface area contributed by atoms with Gasteiger partial charge in [0, 0.05) is 28.2 Å². The molecule has 0 saturated heterocycles. The molecule has 0 aliphatic carbocycles. The molecule has 3 rings (SSSR count). The zero-order chi connectivity index (χ0) is 30.7. The Kier molecular flexibility index (Phi) is 14.6. The van der Waals surface area contributed by atoms with E-state index in [0.29, 0.717) is 20.6 Å². The van der Waals surface area contributed by atoms with E-state index >= 15 is 0 Å². The van der Waals surface area contributed by atoms with Crippen molar-refractivity contribution in [2.75, 3.05) is 26.7 Å². The number of rotatable bonds is 12. The Hall–Kier alpha value is -2.16. The number of hydroxylamine groups is 1. The lowest BCUT2D eigenvalue weighted by Crippen LogP contribution is -2.41. The van der Waals surface area contributed by atoms with E-state index in [9.17, 15) is 22.0 Å². The predicted octanol–water partition coefficient (Wildman–Crippen LogP) is 6.37. The Morgan fingerprint density at radius 2 is 1.49 bits per heavy atom. The monoisotopic (exact) mass is 669 g/mol. The van der Waals surface area contributed by atoms with Crippen LogP contribution in [-0.2, 0) is 32.5 Å². The second-order valence-corrected chi connectivity index (χ2v) is 12.4. The van der Waals surface area contributed by atoms with Crippen molar-refractivity contribution >= 4 is 62.7 Å². The Morgan fingerprint density at radius 3 is 2.02 bits per heavy atom. The third kappa shape index (κ3) is 10.9. The van der Waals surface area contributed by atoms with Crippen LogP contribution in [0.2, 0.25) is 15.1 Å². The van der Waals surface area contributed by atoms with Gasteiger partial charge in [-0.3, -0.25) is 10.0 Å². The molecule has 0 aromatic heterocycles. The quantitative estimate of drug-likeness (QED) is 0.172. The summed E-state index contributed by atoms with van der Waals surface area (Å²) in [6, 6.07) is 12.2. The molecule has 0 heterocycles. The molecule has 0 aliphatic heterocycles. The summed E-state index contributed by atoms with van der Waals surface area (Å²) in [5.74, 6) is -3.67. The lowest BCUT2D eigenvalue weighted by atomic mass is 10.2. The lowest BCUT2D eigenvalue weighted by Gasteiger charge is -2.23. The van der Waals surface area contributed by atoms with Gasteiger partial charge in [-0.25, -0.2) is 31.3 Å². The van der Waals surface area contributed by atoms with Gasteiger partial charge in [-0.15, -0.1) is 0 Å². The van der Waals surface area contributed by atoms with Crippen LogP contribution in [0, 0.1) is 11.6 Å². The minimum atomic E-state index is -2.25. The normalized spacial score (nSPS) is 12.5. The summed E-state index contributed by atoms with van der Waals surface area (Å²) in [7, 11) is -2.26. The number of nitrogens with zero attached hydrogens (tertiary/aromatic N) is 2. The van der Waals surface area contributed by atoms with E-state index in [1.807, 2.05) is 13.8 Å². The molecule has 3 aromatic carbocycles. The van der Waals surface area contributed by atoms with E-state index in [0.717, 1.165) is 16.4 Å². The number of nitrogens with one attached hydrogen (secondary N) is 1. The highest BCUT2D eigenvalue weighted by Crippen LogP contribution is 2.30. The molecular weight excluding hydrogens is 643 g/mol. The zero-order valence-electron chi connectivity index (χ0n) is 22.2. The summed E-state index contributed by atoms with van der Waals surface area (Å²) in [6.07, 6.45) is 0. The van der Waals surface area contributed by atoms with Crippen molar-refractivity contribution in [2.24, 2.45) is 0 Å². The number of likely N-dealkylation sites (N-methyl/N-ethyl adjacent to an activating group) is 1. The van der Waals surface area contributed by atoms with Gasteiger partial charge >= 0.3 is 0 Å². The smallest absolute Gasteiger partial charge is 0.258 e. The van der Waals surface area contributed by atoms with Gasteiger partial charge in [-0.05, 0) is 67.2 Å². The Morgan fingerprint density at radius 1 is 0.927 bits per heavy atom. The van der Waals surface area contributed by atoms with Crippen LogP contribution < -0.4 is 10.2 Å². The highest BCUT2D eigenvalue weighted by atomic mass is 35.5. The maximum atomic E-state index is 14.8. The number of hydrogen-bond donors (Lipinski definition) is 2. The molecular formula is C26H28Cl3F2N3O5S2. The average molecular weight is 671 g/mol. The molecule has 0 aliphatic rings. The summed E-state index contributed by atoms with van der Waals surface area (Å²) in [4.78, 5) is 11.5. The fourth-order valence-corrected chi connectivity index (χ4v) is 6.07. The molecule has 0 saturated carbocycles. The lowest BCUT2D eigenvalue weighted by molar-refractivity contribution is -0.129. The van der Waals surface area contributed by atoms with Crippen molar-refractivity contribution in [2.45, 2.75) is 24.5 Å². The summed E-state index contributed by atoms with van der Waals surface area (Å²) < 4.78 is 63.3. The van der Waals surface area contributed by atoms with Crippen LogP contribution in [0.4, 0.5) is 8.78 Å². The molecule has 2 unspecified atom stereocenters. The number of amides is 1. The van der Waals surface area contributed by atoms with Crippen LogP contribution in [-0.4, -0.2) is 54.8 Å². The van der Waals surface area contributed by atoms with Crippen molar-refractivity contribution in [1.82, 2.24) is 14.1 Å². The van der Waals surface area contributed by atoms with Crippen molar-refractivity contribution in [1.29, 1.82) is 0 Å². The van der Waals surface area contributed by atoms with E-state index < -0.39 is 51.8 Å². The van der Waals surface area contributed by atoms with Crippen molar-refractivity contribution in [3.8, 4) is 11.5 Å². The van der Waals surface area contributed by atoms with Crippen LogP contribution in [0.5, 0.6) is 11.5 Å². The number of halogens is 5. The van der Waals surface area contributed by atoms with Crippen LogP contribution in [0.25, 0.3) is 0 Å². The maximum Gasteiger partial charge on any atom is 0.258 e. The third-order valence-corrected chi connectivity index (χ3v) is 8.68. The minimum absolute atomic E-state index is 0.0358. The standard InChI is InChI=1S/C24H22Cl3F2N3O5S2.C2H6/c1-31(38(35)14-15-8-17(26)10-18(27)9-15)6-7-32(13-23(33)30-34)39(36)20-11-21(28)24(22(29)12-20)37-19-4-2-16(25)3-5-19;1-2/h2-5,8-12,34H,6-7,13-14H2,1H3,(H,30,33);1-2H3. The molecule has 224 valence electrons. The molecule has 0 fully saturated rings. The highest BCUT2D eigenvalue weighted by Gasteiger charge is 2.24. The first kappa shape index (κ1) is 35.0. The third-order valence-electron chi connectivity index (χ3n) is 5.11. The second kappa shape index (κ2) is 17.1. The van der Waals surface area contributed by atoms with Crippen LogP contribution in [0.1, 0.15) is 19.4 Å². The van der Waals surface area contributed by atoms with Gasteiger partial charge in [-0.1, -0.05) is 48.7 Å². The van der Waals surface area contributed by atoms with E-state index in [1.54, 1.807) is 18.2 Å². The fraction of sp³-hybridized carbons (Fsp3) is 0.269. The number of benzene rings is 3. The predicted molar refractivity (Wildman–Crippen MR) is 158 cm³/mol. The van der Waals surface area contributed by atoms with Crippen molar-refractivity contribution in [3.05, 3.63) is 86.9 Å². The largest absolute Gasteiger partial charge is 0.451 e. The second-order valence-electron chi connectivity index (χ2n) is 8.01. The van der Waals surface area contributed by atoms with Gasteiger partial charge in [0.15, 0.2) is 17.4 Å². The molecule has 3 aromatic rings. The fourth-order valence-electron chi connectivity index (χ4n) is 3.22. The zero-order valence-corrected chi connectivity index (χ0v) is 26.1. The van der Waals surface area contributed by atoms with Gasteiger partial charge in [-0.2, -0.15) is 0 Å². The first-order chi connectivity index (χ1) is 19.5. The van der Waals surface area contributed by atoms with E-state index in [4.69, 9.17) is 44.7 Å². The number of hydrogen-bond acceptors (Lipinski definition) is 5. The van der Waals surface area contributed by atoms with Crippen LogP contribution in [0.3, 0.4) is 0 Å². The van der Waals surface area contributed by atoms with Crippen molar-refractivity contribution in [3.63, 3.8) is 0 Å². The first-order valence-corrected chi connectivity index (χ1v) is 15.5. The van der Waals surface area contributed by atoms with Gasteiger partial charge in [0.2, 0.25) is 0 Å². The van der Waals surface area contributed by atoms with E-state index in [1.165, 1.54) is 41.1 Å². The molecule has 2 atom stereocenters. The molecule has 0 spiro atoms. The van der Waals surface area contributed by atoms with Gasteiger partial charge in [0.25, 0.3) is 5.91 Å². The molecule has 2 N–H and O–H groups in total. The Bertz CT molecular complexity index is 1340. The summed E-state index contributed by atoms with van der Waals surface area (Å²) in [5.41, 5.74) is 2.06. The average Bonchev–Trinajstić information content (AvgIpc) is 2.93. The molecule has 1 amide bonds. The van der Waals surface area contributed by atoms with Crippen molar-refractivity contribution < 1.29 is 31.9 Å². The number of carbonyl (C=O) groups excluding carboxylic acids is 1. The van der Waals surface area contributed by atoms with Gasteiger partial charge < -0.3 is 4.74 Å². The molecule has 15 heteroatoms. The molecule has 41 heavy (non-hydrogen) atoms. The molecule has 8 nitrogen and oxygen atoms in total. The summed E-state index contributed by atoms with van der Waals surface area (Å²) in [5, 5.41) is 10.1. The summed E-state index contributed by atoms with van der Waals surface area (Å²) >= 11 is 17.8. The van der Waals surface area contributed by atoms with E-state index in [2.05, 4.69) is 0 Å². The SMILES string of the molecule is CC.CN(CCN(CC(=O)NO)S(=O)c1cc(F)c(Oc2ccc(Cl)cc2)c(F)c1)S(=O)Cc1cc(Cl)cc(Cl)c1. The van der Waals surface area contributed by atoms with Gasteiger partial charge in [0.05, 0.1) is 28.2 Å². The topological polar surface area (TPSA) is 99.2 Å².